The minimum absolute atomic E-state index is 0. The fraction of sp³-hybridized carbons (Fsp3) is 0.455. The van der Waals surface area contributed by atoms with Crippen molar-refractivity contribution in [2.75, 3.05) is 12.3 Å². The van der Waals surface area contributed by atoms with Crippen molar-refractivity contribution in [3.05, 3.63) is 23.9 Å². The van der Waals surface area contributed by atoms with Gasteiger partial charge in [-0.1, -0.05) is 25.8 Å². The molecule has 0 aliphatic carbocycles. The van der Waals surface area contributed by atoms with Gasteiger partial charge in [0.2, 0.25) is 0 Å². The third-order valence-corrected chi connectivity index (χ3v) is 2.07. The molecule has 0 spiro atoms. The smallest absolute Gasteiger partial charge is 0.269 e. The molecular weight excluding hydrogens is 226 g/mol. The van der Waals surface area contributed by atoms with Crippen molar-refractivity contribution >= 4 is 24.1 Å². The maximum absolute atomic E-state index is 11.5. The third kappa shape index (κ3) is 4.98. The van der Waals surface area contributed by atoms with Gasteiger partial charge in [-0.15, -0.1) is 12.4 Å². The lowest BCUT2D eigenvalue weighted by molar-refractivity contribution is 0.0948. The maximum Gasteiger partial charge on any atom is 0.269 e. The molecular formula is C11H18ClN3O. The average molecular weight is 244 g/mol. The van der Waals surface area contributed by atoms with Crippen molar-refractivity contribution in [2.45, 2.75) is 26.2 Å². The molecule has 1 heterocycles. The number of carbonyl (C=O) groups excluding carboxylic acids is 1. The standard InChI is InChI=1S/C11H17N3O.ClH/c1-2-3-4-8-13-11(15)9-6-5-7-10(12)14-9;/h5-7H,2-4,8H2,1H3,(H2,12,14)(H,13,15);1H. The lowest BCUT2D eigenvalue weighted by Crippen LogP contribution is -2.25. The molecule has 0 aliphatic rings. The van der Waals surface area contributed by atoms with Crippen molar-refractivity contribution in [3.8, 4) is 0 Å². The number of halogens is 1. The van der Waals surface area contributed by atoms with Crippen LogP contribution in [0.5, 0.6) is 0 Å². The van der Waals surface area contributed by atoms with Crippen molar-refractivity contribution in [2.24, 2.45) is 0 Å². The van der Waals surface area contributed by atoms with E-state index >= 15 is 0 Å². The van der Waals surface area contributed by atoms with Crippen LogP contribution in [-0.4, -0.2) is 17.4 Å². The number of nitrogens with one attached hydrogen (secondary N) is 1. The minimum Gasteiger partial charge on any atom is -0.384 e. The summed E-state index contributed by atoms with van der Waals surface area (Å²) in [5.74, 6) is 0.217. The first-order chi connectivity index (χ1) is 7.24. The third-order valence-electron chi connectivity index (χ3n) is 2.07. The van der Waals surface area contributed by atoms with Gasteiger partial charge < -0.3 is 11.1 Å². The van der Waals surface area contributed by atoms with Gasteiger partial charge in [0.1, 0.15) is 11.5 Å². The summed E-state index contributed by atoms with van der Waals surface area (Å²) in [6, 6.07) is 5.04. The highest BCUT2D eigenvalue weighted by Crippen LogP contribution is 2.00. The van der Waals surface area contributed by atoms with Crippen LogP contribution in [0.25, 0.3) is 0 Å². The molecule has 0 fully saturated rings. The van der Waals surface area contributed by atoms with Gasteiger partial charge >= 0.3 is 0 Å². The molecule has 1 amide bonds. The van der Waals surface area contributed by atoms with Crippen LogP contribution in [0.1, 0.15) is 36.7 Å². The van der Waals surface area contributed by atoms with Crippen molar-refractivity contribution in [1.82, 2.24) is 10.3 Å². The highest BCUT2D eigenvalue weighted by molar-refractivity contribution is 5.92. The van der Waals surface area contributed by atoms with Gasteiger partial charge in [0.05, 0.1) is 0 Å². The largest absolute Gasteiger partial charge is 0.384 e. The molecule has 0 aliphatic heterocycles. The van der Waals surface area contributed by atoms with Gasteiger partial charge in [-0.05, 0) is 18.6 Å². The number of pyridine rings is 1. The van der Waals surface area contributed by atoms with E-state index in [1.165, 1.54) is 0 Å². The van der Waals surface area contributed by atoms with Crippen LogP contribution < -0.4 is 11.1 Å². The molecule has 3 N–H and O–H groups in total. The van der Waals surface area contributed by atoms with Crippen molar-refractivity contribution in [1.29, 1.82) is 0 Å². The highest BCUT2D eigenvalue weighted by Gasteiger charge is 2.05. The second kappa shape index (κ2) is 7.93. The summed E-state index contributed by atoms with van der Waals surface area (Å²) in [7, 11) is 0. The fourth-order valence-electron chi connectivity index (χ4n) is 1.25. The Bertz CT molecular complexity index is 331. The average Bonchev–Trinajstić information content (AvgIpc) is 2.24. The molecule has 0 aromatic carbocycles. The Balaban J connectivity index is 0.00000225. The SMILES string of the molecule is CCCCCNC(=O)c1cccc(N)n1.Cl. The summed E-state index contributed by atoms with van der Waals surface area (Å²) in [5.41, 5.74) is 5.86. The van der Waals surface area contributed by atoms with E-state index in [4.69, 9.17) is 5.73 Å². The number of unbranched alkanes of at least 4 members (excludes halogenated alkanes) is 2. The van der Waals surface area contributed by atoms with E-state index in [1.807, 2.05) is 0 Å². The summed E-state index contributed by atoms with van der Waals surface area (Å²) in [4.78, 5) is 15.5. The quantitative estimate of drug-likeness (QED) is 0.778. The summed E-state index contributed by atoms with van der Waals surface area (Å²) in [5, 5.41) is 2.80. The predicted molar refractivity (Wildman–Crippen MR) is 67.8 cm³/mol. The van der Waals surface area contributed by atoms with Gasteiger partial charge in [-0.3, -0.25) is 4.79 Å². The summed E-state index contributed by atoms with van der Waals surface area (Å²) in [6.07, 6.45) is 3.28. The van der Waals surface area contributed by atoms with E-state index in [0.29, 0.717) is 18.1 Å². The molecule has 0 radical (unpaired) electrons. The van der Waals surface area contributed by atoms with E-state index < -0.39 is 0 Å². The summed E-state index contributed by atoms with van der Waals surface area (Å²) >= 11 is 0. The number of anilines is 1. The Morgan fingerprint density at radius 1 is 1.44 bits per heavy atom. The Labute approximate surface area is 102 Å². The number of hydrogen-bond donors (Lipinski definition) is 2. The molecule has 1 aromatic heterocycles. The van der Waals surface area contributed by atoms with Gasteiger partial charge in [-0.25, -0.2) is 4.98 Å². The van der Waals surface area contributed by atoms with Crippen LogP contribution in [0, 0.1) is 0 Å². The van der Waals surface area contributed by atoms with Gasteiger partial charge in [0, 0.05) is 6.54 Å². The molecule has 4 nitrogen and oxygen atoms in total. The van der Waals surface area contributed by atoms with Crippen LogP contribution >= 0.6 is 12.4 Å². The second-order valence-corrected chi connectivity index (χ2v) is 3.41. The first kappa shape index (κ1) is 14.7. The highest BCUT2D eigenvalue weighted by atomic mass is 35.5. The molecule has 90 valence electrons. The lowest BCUT2D eigenvalue weighted by atomic mass is 10.2. The van der Waals surface area contributed by atoms with Gasteiger partial charge in [0.15, 0.2) is 0 Å². The molecule has 0 bridgehead atoms. The first-order valence-electron chi connectivity index (χ1n) is 5.24. The number of amides is 1. The van der Waals surface area contributed by atoms with Gasteiger partial charge in [0.25, 0.3) is 5.91 Å². The summed E-state index contributed by atoms with van der Waals surface area (Å²) < 4.78 is 0. The zero-order valence-electron chi connectivity index (χ0n) is 9.40. The monoisotopic (exact) mass is 243 g/mol. The molecule has 0 saturated carbocycles. The molecule has 1 aromatic rings. The molecule has 0 saturated heterocycles. The number of rotatable bonds is 5. The molecule has 0 atom stereocenters. The Kier molecular flexibility index (Phi) is 7.29. The second-order valence-electron chi connectivity index (χ2n) is 3.41. The van der Waals surface area contributed by atoms with Crippen LogP contribution in [0.2, 0.25) is 0 Å². The Hall–Kier alpha value is -1.29. The van der Waals surface area contributed by atoms with Crippen LogP contribution in [0.3, 0.4) is 0 Å². The number of carbonyl (C=O) groups is 1. The normalized spacial score (nSPS) is 9.31. The van der Waals surface area contributed by atoms with E-state index in [-0.39, 0.29) is 18.3 Å². The number of nitrogens with zero attached hydrogens (tertiary/aromatic N) is 1. The molecule has 0 unspecified atom stereocenters. The van der Waals surface area contributed by atoms with Crippen molar-refractivity contribution < 1.29 is 4.79 Å². The Morgan fingerprint density at radius 3 is 2.81 bits per heavy atom. The predicted octanol–water partition coefficient (Wildman–Crippen LogP) is 2.01. The number of nitrogens with two attached hydrogens (primary N) is 1. The lowest BCUT2D eigenvalue weighted by Gasteiger charge is -2.04. The first-order valence-corrected chi connectivity index (χ1v) is 5.24. The number of aromatic nitrogens is 1. The number of hydrogen-bond acceptors (Lipinski definition) is 3. The summed E-state index contributed by atoms with van der Waals surface area (Å²) in [6.45, 7) is 2.82. The van der Waals surface area contributed by atoms with Crippen LogP contribution in [-0.2, 0) is 0 Å². The molecule has 1 rings (SSSR count). The van der Waals surface area contributed by atoms with Crippen LogP contribution in [0.4, 0.5) is 5.82 Å². The fourth-order valence-corrected chi connectivity index (χ4v) is 1.25. The Morgan fingerprint density at radius 2 is 2.19 bits per heavy atom. The zero-order valence-corrected chi connectivity index (χ0v) is 10.2. The van der Waals surface area contributed by atoms with E-state index in [1.54, 1.807) is 18.2 Å². The van der Waals surface area contributed by atoms with E-state index in [0.717, 1.165) is 19.3 Å². The van der Waals surface area contributed by atoms with Crippen LogP contribution in [0.15, 0.2) is 18.2 Å². The topological polar surface area (TPSA) is 68.0 Å². The van der Waals surface area contributed by atoms with E-state index in [9.17, 15) is 4.79 Å². The zero-order chi connectivity index (χ0) is 11.1. The molecule has 16 heavy (non-hydrogen) atoms. The van der Waals surface area contributed by atoms with Gasteiger partial charge in [-0.2, -0.15) is 0 Å². The van der Waals surface area contributed by atoms with Crippen molar-refractivity contribution in [3.63, 3.8) is 0 Å². The minimum atomic E-state index is -0.154. The van der Waals surface area contributed by atoms with E-state index in [2.05, 4.69) is 17.2 Å². The molecule has 5 heteroatoms. The maximum atomic E-state index is 11.5. The number of nitrogen functional groups attached to an aromatic ring is 1.